The van der Waals surface area contributed by atoms with Crippen molar-refractivity contribution in [1.82, 2.24) is 10.3 Å². The van der Waals surface area contributed by atoms with Crippen molar-refractivity contribution in [3.8, 4) is 0 Å². The topological polar surface area (TPSA) is 24.9 Å². The Morgan fingerprint density at radius 1 is 1.25 bits per heavy atom. The van der Waals surface area contributed by atoms with Crippen molar-refractivity contribution in [2.24, 2.45) is 0 Å². The van der Waals surface area contributed by atoms with Gasteiger partial charge in [0.2, 0.25) is 0 Å². The van der Waals surface area contributed by atoms with Gasteiger partial charge in [0.05, 0.1) is 17.8 Å². The second-order valence-electron chi connectivity index (χ2n) is 3.06. The SMILES string of the molecule is FC(F)CNCc1ccc(C(F)(F)F)cn1. The lowest BCUT2D eigenvalue weighted by Crippen LogP contribution is -2.21. The van der Waals surface area contributed by atoms with Crippen LogP contribution in [0.5, 0.6) is 0 Å². The third-order valence-corrected chi connectivity index (χ3v) is 1.76. The molecule has 1 heterocycles. The van der Waals surface area contributed by atoms with Gasteiger partial charge in [-0.25, -0.2) is 8.78 Å². The number of pyridine rings is 1. The first-order valence-electron chi connectivity index (χ1n) is 4.40. The highest BCUT2D eigenvalue weighted by molar-refractivity contribution is 5.16. The zero-order valence-corrected chi connectivity index (χ0v) is 8.06. The first-order chi connectivity index (χ1) is 7.39. The maximum absolute atomic E-state index is 12.1. The number of alkyl halides is 5. The quantitative estimate of drug-likeness (QED) is 0.818. The third-order valence-electron chi connectivity index (χ3n) is 1.76. The number of nitrogens with one attached hydrogen (secondary N) is 1. The first-order valence-corrected chi connectivity index (χ1v) is 4.40. The summed E-state index contributed by atoms with van der Waals surface area (Å²) in [4.78, 5) is 3.51. The van der Waals surface area contributed by atoms with Crippen molar-refractivity contribution >= 4 is 0 Å². The Kier molecular flexibility index (Phi) is 4.17. The summed E-state index contributed by atoms with van der Waals surface area (Å²) in [5, 5.41) is 2.37. The van der Waals surface area contributed by atoms with Crippen molar-refractivity contribution in [2.75, 3.05) is 6.54 Å². The lowest BCUT2D eigenvalue weighted by atomic mass is 10.2. The number of aromatic nitrogens is 1. The molecule has 1 aromatic heterocycles. The van der Waals surface area contributed by atoms with E-state index in [9.17, 15) is 22.0 Å². The molecule has 0 amide bonds. The number of nitrogens with zero attached hydrogens (tertiary/aromatic N) is 1. The van der Waals surface area contributed by atoms with Crippen LogP contribution in [-0.4, -0.2) is 18.0 Å². The summed E-state index contributed by atoms with van der Waals surface area (Å²) >= 11 is 0. The Balaban J connectivity index is 2.52. The van der Waals surface area contributed by atoms with E-state index >= 15 is 0 Å². The van der Waals surface area contributed by atoms with Crippen LogP contribution in [0.2, 0.25) is 0 Å². The summed E-state index contributed by atoms with van der Waals surface area (Å²) in [5.74, 6) is 0. The van der Waals surface area contributed by atoms with Gasteiger partial charge in [-0.05, 0) is 12.1 Å². The Morgan fingerprint density at radius 3 is 2.38 bits per heavy atom. The molecule has 0 saturated carbocycles. The zero-order chi connectivity index (χ0) is 12.2. The normalized spacial score (nSPS) is 12.1. The minimum Gasteiger partial charge on any atom is -0.306 e. The predicted octanol–water partition coefficient (Wildman–Crippen LogP) is 2.46. The molecule has 16 heavy (non-hydrogen) atoms. The van der Waals surface area contributed by atoms with Gasteiger partial charge in [0, 0.05) is 12.7 Å². The molecule has 0 atom stereocenters. The Morgan fingerprint density at radius 2 is 1.94 bits per heavy atom. The average Bonchev–Trinajstić information content (AvgIpc) is 2.16. The van der Waals surface area contributed by atoms with Crippen molar-refractivity contribution in [3.05, 3.63) is 29.6 Å². The molecule has 7 heteroatoms. The van der Waals surface area contributed by atoms with Crippen LogP contribution in [-0.2, 0) is 12.7 Å². The monoisotopic (exact) mass is 240 g/mol. The zero-order valence-electron chi connectivity index (χ0n) is 8.06. The van der Waals surface area contributed by atoms with Gasteiger partial charge in [-0.15, -0.1) is 0 Å². The number of hydrogen-bond acceptors (Lipinski definition) is 2. The van der Waals surface area contributed by atoms with E-state index in [4.69, 9.17) is 0 Å². The number of hydrogen-bond donors (Lipinski definition) is 1. The van der Waals surface area contributed by atoms with E-state index in [2.05, 4.69) is 10.3 Å². The van der Waals surface area contributed by atoms with Gasteiger partial charge in [-0.3, -0.25) is 4.98 Å². The van der Waals surface area contributed by atoms with E-state index in [1.165, 1.54) is 0 Å². The molecule has 0 spiro atoms. The number of rotatable bonds is 4. The molecule has 1 aromatic rings. The fourth-order valence-corrected chi connectivity index (χ4v) is 1.01. The third kappa shape index (κ3) is 4.09. The van der Waals surface area contributed by atoms with Crippen LogP contribution in [0, 0.1) is 0 Å². The van der Waals surface area contributed by atoms with Crippen LogP contribution in [0.3, 0.4) is 0 Å². The lowest BCUT2D eigenvalue weighted by molar-refractivity contribution is -0.137. The highest BCUT2D eigenvalue weighted by atomic mass is 19.4. The maximum atomic E-state index is 12.1. The van der Waals surface area contributed by atoms with E-state index in [1.807, 2.05) is 0 Å². The molecule has 0 fully saturated rings. The van der Waals surface area contributed by atoms with Crippen LogP contribution in [0.4, 0.5) is 22.0 Å². The van der Waals surface area contributed by atoms with Gasteiger partial charge in [0.15, 0.2) is 0 Å². The fraction of sp³-hybridized carbons (Fsp3) is 0.444. The molecule has 0 unspecified atom stereocenters. The van der Waals surface area contributed by atoms with Gasteiger partial charge >= 0.3 is 6.18 Å². The van der Waals surface area contributed by atoms with Crippen molar-refractivity contribution < 1.29 is 22.0 Å². The molecule has 0 radical (unpaired) electrons. The molecule has 0 aliphatic heterocycles. The Hall–Kier alpha value is -1.24. The summed E-state index contributed by atoms with van der Waals surface area (Å²) in [5.41, 5.74) is -0.571. The molecular weight excluding hydrogens is 231 g/mol. The van der Waals surface area contributed by atoms with Gasteiger partial charge in [0.25, 0.3) is 6.43 Å². The summed E-state index contributed by atoms with van der Waals surface area (Å²) in [6, 6.07) is 2.02. The van der Waals surface area contributed by atoms with Crippen LogP contribution in [0.25, 0.3) is 0 Å². The van der Waals surface area contributed by atoms with Crippen LogP contribution >= 0.6 is 0 Å². The molecule has 0 saturated heterocycles. The smallest absolute Gasteiger partial charge is 0.306 e. The largest absolute Gasteiger partial charge is 0.417 e. The molecular formula is C9H9F5N2. The predicted molar refractivity (Wildman–Crippen MR) is 46.9 cm³/mol. The second kappa shape index (κ2) is 5.20. The Bertz CT molecular complexity index is 320. The summed E-state index contributed by atoms with van der Waals surface area (Å²) < 4.78 is 59.8. The molecule has 0 bridgehead atoms. The molecule has 1 N–H and O–H groups in total. The highest BCUT2D eigenvalue weighted by Gasteiger charge is 2.30. The van der Waals surface area contributed by atoms with E-state index in [1.54, 1.807) is 0 Å². The fourth-order valence-electron chi connectivity index (χ4n) is 1.01. The number of halogens is 5. The summed E-state index contributed by atoms with van der Waals surface area (Å²) in [7, 11) is 0. The van der Waals surface area contributed by atoms with Crippen molar-refractivity contribution in [2.45, 2.75) is 19.1 Å². The standard InChI is InChI=1S/C9H9F5N2/c10-8(11)5-15-4-7-2-1-6(3-16-7)9(12,13)14/h1-3,8,15H,4-5H2. The van der Waals surface area contributed by atoms with Crippen LogP contribution in [0.15, 0.2) is 18.3 Å². The van der Waals surface area contributed by atoms with Crippen molar-refractivity contribution in [3.63, 3.8) is 0 Å². The minimum atomic E-state index is -4.43. The van der Waals surface area contributed by atoms with Gasteiger partial charge in [0.1, 0.15) is 0 Å². The molecule has 2 nitrogen and oxygen atoms in total. The maximum Gasteiger partial charge on any atom is 0.417 e. The first kappa shape index (κ1) is 12.8. The molecule has 90 valence electrons. The van der Waals surface area contributed by atoms with Crippen molar-refractivity contribution in [1.29, 1.82) is 0 Å². The van der Waals surface area contributed by atoms with Gasteiger partial charge in [-0.2, -0.15) is 13.2 Å². The van der Waals surface area contributed by atoms with Gasteiger partial charge < -0.3 is 5.32 Å². The average molecular weight is 240 g/mol. The molecule has 0 aliphatic rings. The van der Waals surface area contributed by atoms with E-state index in [0.29, 0.717) is 6.20 Å². The molecule has 0 aromatic carbocycles. The summed E-state index contributed by atoms with van der Waals surface area (Å²) in [6.07, 6.45) is -6.24. The van der Waals surface area contributed by atoms with Crippen LogP contribution < -0.4 is 5.32 Å². The molecule has 0 aliphatic carbocycles. The molecule has 1 rings (SSSR count). The van der Waals surface area contributed by atoms with E-state index < -0.39 is 24.7 Å². The van der Waals surface area contributed by atoms with E-state index in [0.717, 1.165) is 12.1 Å². The minimum absolute atomic E-state index is 0.0163. The second-order valence-corrected chi connectivity index (χ2v) is 3.06. The highest BCUT2D eigenvalue weighted by Crippen LogP contribution is 2.28. The van der Waals surface area contributed by atoms with Crippen LogP contribution in [0.1, 0.15) is 11.3 Å². The lowest BCUT2D eigenvalue weighted by Gasteiger charge is -2.07. The summed E-state index contributed by atoms with van der Waals surface area (Å²) in [6.45, 7) is -0.495. The van der Waals surface area contributed by atoms with E-state index in [-0.39, 0.29) is 12.2 Å². The Labute approximate surface area is 88.5 Å². The van der Waals surface area contributed by atoms with Gasteiger partial charge in [-0.1, -0.05) is 0 Å².